The molecule has 0 aliphatic carbocycles. The van der Waals surface area contributed by atoms with Crippen molar-refractivity contribution >= 4 is 5.97 Å². The van der Waals surface area contributed by atoms with Gasteiger partial charge >= 0.3 is 5.97 Å². The molecule has 0 bridgehead atoms. The van der Waals surface area contributed by atoms with Gasteiger partial charge in [-0.2, -0.15) is 0 Å². The van der Waals surface area contributed by atoms with E-state index in [0.717, 1.165) is 22.6 Å². The smallest absolute Gasteiger partial charge is 0.335 e. The van der Waals surface area contributed by atoms with Crippen LogP contribution < -0.4 is 4.74 Å². The zero-order chi connectivity index (χ0) is 24.5. The summed E-state index contributed by atoms with van der Waals surface area (Å²) < 4.78 is 32.3. The topological polar surface area (TPSA) is 49.7 Å². The number of carbonyl (C=O) groups is 1. The zero-order valence-corrected chi connectivity index (χ0v) is 20.4. The first-order valence-corrected chi connectivity index (χ1v) is 11.9. The maximum Gasteiger partial charge on any atom is 0.335 e. The number of esters is 1. The number of halogens is 1. The maximum absolute atomic E-state index is 13.4. The number of carbonyl (C=O) groups excluding carboxylic acids is 1. The Bertz CT molecular complexity index is 1040. The molecule has 0 radical (unpaired) electrons. The molecule has 0 saturated heterocycles. The van der Waals surface area contributed by atoms with Crippen LogP contribution in [0.2, 0.25) is 0 Å². The molecule has 34 heavy (non-hydrogen) atoms. The first-order valence-electron chi connectivity index (χ1n) is 11.9. The fraction of sp³-hybridized carbons (Fsp3) is 0.393. The molecule has 0 saturated carbocycles. The molecule has 0 aliphatic heterocycles. The molecule has 0 amide bonds. The zero-order valence-electron chi connectivity index (χ0n) is 20.4. The van der Waals surface area contributed by atoms with Gasteiger partial charge in [-0.05, 0) is 79.4 Å². The van der Waals surface area contributed by atoms with Crippen LogP contribution in [-0.4, -0.2) is 36.5 Å². The number of aromatic nitrogens is 1. The van der Waals surface area contributed by atoms with E-state index in [-0.39, 0.29) is 11.8 Å². The quantitative estimate of drug-likeness (QED) is 0.306. The van der Waals surface area contributed by atoms with Crippen molar-refractivity contribution in [3.63, 3.8) is 0 Å². The summed E-state index contributed by atoms with van der Waals surface area (Å²) in [5, 5.41) is 0. The van der Waals surface area contributed by atoms with E-state index in [0.29, 0.717) is 38.7 Å². The lowest BCUT2D eigenvalue weighted by molar-refractivity contribution is -0.156. The summed E-state index contributed by atoms with van der Waals surface area (Å²) in [6.45, 7) is 9.90. The normalized spacial score (nSPS) is 12.1. The summed E-state index contributed by atoms with van der Waals surface area (Å²) in [6.07, 6.45) is -0.153. The van der Waals surface area contributed by atoms with E-state index in [1.54, 1.807) is 19.1 Å². The lowest BCUT2D eigenvalue weighted by Gasteiger charge is -2.17. The van der Waals surface area contributed by atoms with Crippen LogP contribution in [0.5, 0.6) is 5.75 Å². The molecule has 3 aromatic rings. The van der Waals surface area contributed by atoms with Gasteiger partial charge in [0.15, 0.2) is 6.10 Å². The molecule has 0 fully saturated rings. The Hall–Kier alpha value is -3.12. The molecule has 5 nitrogen and oxygen atoms in total. The van der Waals surface area contributed by atoms with Crippen LogP contribution >= 0.6 is 0 Å². The van der Waals surface area contributed by atoms with Crippen molar-refractivity contribution in [1.82, 2.24) is 4.57 Å². The van der Waals surface area contributed by atoms with Gasteiger partial charge in [-0.3, -0.25) is 0 Å². The molecule has 0 spiro atoms. The number of ether oxygens (including phenoxy) is 3. The Balaban J connectivity index is 1.64. The predicted molar refractivity (Wildman–Crippen MR) is 132 cm³/mol. The fourth-order valence-corrected chi connectivity index (χ4v) is 3.95. The van der Waals surface area contributed by atoms with Crippen LogP contribution in [0.1, 0.15) is 44.9 Å². The van der Waals surface area contributed by atoms with E-state index >= 15 is 0 Å². The first kappa shape index (κ1) is 25.5. The molecular formula is C28H34FNO4. The van der Waals surface area contributed by atoms with Gasteiger partial charge in [0.1, 0.15) is 18.2 Å². The molecule has 0 N–H and O–H groups in total. The van der Waals surface area contributed by atoms with E-state index in [4.69, 9.17) is 14.2 Å². The summed E-state index contributed by atoms with van der Waals surface area (Å²) >= 11 is 0. The van der Waals surface area contributed by atoms with E-state index in [1.807, 2.05) is 31.2 Å². The Morgan fingerprint density at radius 1 is 0.941 bits per heavy atom. The van der Waals surface area contributed by atoms with Crippen LogP contribution in [0, 0.1) is 5.82 Å². The molecule has 0 unspecified atom stereocenters. The van der Waals surface area contributed by atoms with E-state index in [2.05, 4.69) is 30.5 Å². The summed E-state index contributed by atoms with van der Waals surface area (Å²) in [5.41, 5.74) is 4.20. The van der Waals surface area contributed by atoms with Crippen LogP contribution in [0.15, 0.2) is 60.7 Å². The van der Waals surface area contributed by atoms with Crippen molar-refractivity contribution in [2.45, 2.75) is 52.7 Å². The summed E-state index contributed by atoms with van der Waals surface area (Å²) in [4.78, 5) is 12.1. The van der Waals surface area contributed by atoms with Crippen LogP contribution in [0.4, 0.5) is 4.39 Å². The molecule has 1 aromatic heterocycles. The highest BCUT2D eigenvalue weighted by Crippen LogP contribution is 2.27. The number of hydrogen-bond acceptors (Lipinski definition) is 4. The van der Waals surface area contributed by atoms with Gasteiger partial charge in [-0.15, -0.1) is 0 Å². The van der Waals surface area contributed by atoms with Crippen LogP contribution in [0.25, 0.3) is 11.3 Å². The Morgan fingerprint density at radius 3 is 2.26 bits per heavy atom. The van der Waals surface area contributed by atoms with Crippen LogP contribution in [0.3, 0.4) is 0 Å². The Kier molecular flexibility index (Phi) is 9.28. The first-order chi connectivity index (χ1) is 16.4. The fourth-order valence-electron chi connectivity index (χ4n) is 3.95. The molecule has 182 valence electrons. The van der Waals surface area contributed by atoms with Crippen LogP contribution in [-0.2, 0) is 27.2 Å². The highest BCUT2D eigenvalue weighted by Gasteiger charge is 2.20. The van der Waals surface area contributed by atoms with Gasteiger partial charge < -0.3 is 18.8 Å². The van der Waals surface area contributed by atoms with Crippen molar-refractivity contribution in [3.8, 4) is 17.0 Å². The Labute approximate surface area is 201 Å². The predicted octanol–water partition coefficient (Wildman–Crippen LogP) is 6.01. The number of rotatable bonds is 12. The minimum absolute atomic E-state index is 0.243. The summed E-state index contributed by atoms with van der Waals surface area (Å²) in [7, 11) is 0. The largest absolute Gasteiger partial charge is 0.492 e. The average molecular weight is 468 g/mol. The second-order valence-corrected chi connectivity index (χ2v) is 8.35. The molecule has 1 heterocycles. The lowest BCUT2D eigenvalue weighted by Crippen LogP contribution is -2.28. The third-order valence-corrected chi connectivity index (χ3v) is 5.59. The van der Waals surface area contributed by atoms with Gasteiger partial charge in [-0.25, -0.2) is 9.18 Å². The molecule has 3 rings (SSSR count). The van der Waals surface area contributed by atoms with E-state index < -0.39 is 6.10 Å². The second kappa shape index (κ2) is 12.4. The highest BCUT2D eigenvalue weighted by atomic mass is 19.1. The van der Waals surface area contributed by atoms with Gasteiger partial charge in [0.25, 0.3) is 0 Å². The monoisotopic (exact) mass is 467 g/mol. The molecule has 1 atom stereocenters. The van der Waals surface area contributed by atoms with Gasteiger partial charge in [0, 0.05) is 24.4 Å². The molecular weight excluding hydrogens is 433 g/mol. The van der Waals surface area contributed by atoms with Crippen molar-refractivity contribution < 1.29 is 23.4 Å². The van der Waals surface area contributed by atoms with Crippen molar-refractivity contribution in [3.05, 3.63) is 77.7 Å². The third kappa shape index (κ3) is 6.70. The van der Waals surface area contributed by atoms with Gasteiger partial charge in [0.2, 0.25) is 0 Å². The molecule has 0 aliphatic rings. The van der Waals surface area contributed by atoms with E-state index in [9.17, 15) is 9.18 Å². The number of hydrogen-bond donors (Lipinski definition) is 0. The SMILES string of the molecule is CCOC(=O)[C@@H](Cc1ccc(OCCn2c(-c3ccc(F)cc3)ccc2C(C)C)cc1)OCC. The summed E-state index contributed by atoms with van der Waals surface area (Å²) in [6, 6.07) is 18.5. The maximum atomic E-state index is 13.4. The third-order valence-electron chi connectivity index (χ3n) is 5.59. The van der Waals surface area contributed by atoms with Crippen molar-refractivity contribution in [2.24, 2.45) is 0 Å². The standard InChI is InChI=1S/C28H34FNO4/c1-5-32-27(28(31)33-6-2)19-21-7-13-24(14-8-21)34-18-17-30-25(20(3)4)15-16-26(30)22-9-11-23(29)12-10-22/h7-16,20,27H,5-6,17-19H2,1-4H3/t27-/m1/s1. The van der Waals surface area contributed by atoms with Gasteiger partial charge in [-0.1, -0.05) is 26.0 Å². The van der Waals surface area contributed by atoms with E-state index in [1.165, 1.54) is 17.8 Å². The molecule has 6 heteroatoms. The van der Waals surface area contributed by atoms with Crippen molar-refractivity contribution in [2.75, 3.05) is 19.8 Å². The number of nitrogens with zero attached hydrogens (tertiary/aromatic N) is 1. The minimum atomic E-state index is -0.607. The average Bonchev–Trinajstić information content (AvgIpc) is 3.25. The summed E-state index contributed by atoms with van der Waals surface area (Å²) in [5.74, 6) is 0.530. The minimum Gasteiger partial charge on any atom is -0.492 e. The number of benzene rings is 2. The highest BCUT2D eigenvalue weighted by molar-refractivity contribution is 5.75. The second-order valence-electron chi connectivity index (χ2n) is 8.35. The molecule has 2 aromatic carbocycles. The Morgan fingerprint density at radius 2 is 1.65 bits per heavy atom. The van der Waals surface area contributed by atoms with Gasteiger partial charge in [0.05, 0.1) is 13.2 Å². The lowest BCUT2D eigenvalue weighted by atomic mass is 10.1. The van der Waals surface area contributed by atoms with Crippen molar-refractivity contribution in [1.29, 1.82) is 0 Å².